The number of rotatable bonds is 5. The van der Waals surface area contributed by atoms with Crippen molar-refractivity contribution in [1.82, 2.24) is 9.97 Å². The summed E-state index contributed by atoms with van der Waals surface area (Å²) in [5, 5.41) is 6.00. The molecule has 2 aromatic rings. The van der Waals surface area contributed by atoms with Gasteiger partial charge in [0.15, 0.2) is 11.6 Å². The Morgan fingerprint density at radius 2 is 1.85 bits per heavy atom. The first-order chi connectivity index (χ1) is 9.65. The molecule has 0 aliphatic heterocycles. The van der Waals surface area contributed by atoms with Crippen molar-refractivity contribution in [2.75, 3.05) is 17.7 Å². The van der Waals surface area contributed by atoms with Gasteiger partial charge in [-0.15, -0.1) is 0 Å². The second kappa shape index (κ2) is 6.27. The third-order valence-corrected chi connectivity index (χ3v) is 2.86. The molecule has 0 amide bonds. The lowest BCUT2D eigenvalue weighted by atomic mass is 10.1. The van der Waals surface area contributed by atoms with Crippen LogP contribution in [-0.2, 0) is 6.42 Å². The Hall–Kier alpha value is -2.24. The van der Waals surface area contributed by atoms with Crippen LogP contribution in [-0.4, -0.2) is 17.0 Å². The van der Waals surface area contributed by atoms with Gasteiger partial charge in [-0.3, -0.25) is 0 Å². The highest BCUT2D eigenvalue weighted by Crippen LogP contribution is 2.25. The van der Waals surface area contributed by atoms with Crippen molar-refractivity contribution in [3.8, 4) is 0 Å². The second-order valence-electron chi connectivity index (χ2n) is 4.30. The van der Waals surface area contributed by atoms with Crippen molar-refractivity contribution in [2.24, 2.45) is 0 Å². The molecule has 1 aromatic carbocycles. The molecule has 0 saturated heterocycles. The summed E-state index contributed by atoms with van der Waals surface area (Å²) >= 11 is 0. The predicted molar refractivity (Wildman–Crippen MR) is 75.2 cm³/mol. The molecule has 0 aliphatic rings. The van der Waals surface area contributed by atoms with E-state index in [1.165, 1.54) is 12.4 Å². The van der Waals surface area contributed by atoms with Crippen LogP contribution in [0.3, 0.4) is 0 Å². The summed E-state index contributed by atoms with van der Waals surface area (Å²) in [5.74, 6) is -0.443. The smallest absolute Gasteiger partial charge is 0.160 e. The quantitative estimate of drug-likeness (QED) is 0.879. The molecule has 6 heteroatoms. The van der Waals surface area contributed by atoms with Gasteiger partial charge in [0.25, 0.3) is 0 Å². The number of hydrogen-bond acceptors (Lipinski definition) is 4. The maximum absolute atomic E-state index is 13.2. The summed E-state index contributed by atoms with van der Waals surface area (Å²) in [4.78, 5) is 8.33. The molecule has 2 rings (SSSR count). The fourth-order valence-electron chi connectivity index (χ4n) is 1.93. The van der Waals surface area contributed by atoms with Crippen molar-refractivity contribution in [3.05, 3.63) is 41.7 Å². The fraction of sp³-hybridized carbons (Fsp3) is 0.286. The maximum atomic E-state index is 13.2. The molecular weight excluding hydrogens is 262 g/mol. The van der Waals surface area contributed by atoms with Gasteiger partial charge in [-0.25, -0.2) is 18.7 Å². The molecular formula is C14H16F2N4. The molecule has 0 unspecified atom stereocenters. The molecule has 0 fully saturated rings. The highest BCUT2D eigenvalue weighted by molar-refractivity contribution is 5.64. The van der Waals surface area contributed by atoms with Crippen LogP contribution in [0.15, 0.2) is 24.5 Å². The maximum Gasteiger partial charge on any atom is 0.160 e. The van der Waals surface area contributed by atoms with E-state index in [0.29, 0.717) is 11.5 Å². The molecule has 4 nitrogen and oxygen atoms in total. The topological polar surface area (TPSA) is 49.8 Å². The summed E-state index contributed by atoms with van der Waals surface area (Å²) < 4.78 is 26.1. The average molecular weight is 278 g/mol. The number of hydrogen-bond donors (Lipinski definition) is 2. The first-order valence-corrected chi connectivity index (χ1v) is 6.39. The normalized spacial score (nSPS) is 10.4. The Morgan fingerprint density at radius 1 is 1.10 bits per heavy atom. The van der Waals surface area contributed by atoms with Crippen LogP contribution in [0.4, 0.5) is 26.1 Å². The van der Waals surface area contributed by atoms with Crippen LogP contribution in [0.5, 0.6) is 0 Å². The van der Waals surface area contributed by atoms with E-state index in [4.69, 9.17) is 0 Å². The summed E-state index contributed by atoms with van der Waals surface area (Å²) in [6.45, 7) is 2.05. The molecule has 20 heavy (non-hydrogen) atoms. The second-order valence-corrected chi connectivity index (χ2v) is 4.30. The van der Waals surface area contributed by atoms with Crippen molar-refractivity contribution in [3.63, 3.8) is 0 Å². The lowest BCUT2D eigenvalue weighted by Crippen LogP contribution is -2.05. The van der Waals surface area contributed by atoms with Gasteiger partial charge in [0.2, 0.25) is 0 Å². The number of aromatic nitrogens is 2. The Labute approximate surface area is 116 Å². The number of halogens is 2. The Kier molecular flexibility index (Phi) is 4.45. The van der Waals surface area contributed by atoms with Crippen LogP contribution in [0.25, 0.3) is 0 Å². The molecule has 0 radical (unpaired) electrons. The Morgan fingerprint density at radius 3 is 2.50 bits per heavy atom. The van der Waals surface area contributed by atoms with Crippen LogP contribution >= 0.6 is 0 Å². The highest BCUT2D eigenvalue weighted by Gasteiger charge is 2.11. The standard InChI is InChI=1S/C14H16F2N4/c1-3-4-10-13(17-2)18-8-19-14(10)20-9-5-6-11(15)12(16)7-9/h5-8H,3-4H2,1-2H3,(H2,17,18,19,20). The van der Waals surface area contributed by atoms with Crippen LogP contribution in [0.2, 0.25) is 0 Å². The van der Waals surface area contributed by atoms with Gasteiger partial charge in [0, 0.05) is 24.4 Å². The summed E-state index contributed by atoms with van der Waals surface area (Å²) in [6, 6.07) is 3.65. The number of nitrogens with one attached hydrogen (secondary N) is 2. The largest absolute Gasteiger partial charge is 0.373 e. The highest BCUT2D eigenvalue weighted by atomic mass is 19.2. The van der Waals surface area contributed by atoms with Gasteiger partial charge in [-0.2, -0.15) is 0 Å². The Bertz CT molecular complexity index is 602. The van der Waals surface area contributed by atoms with Gasteiger partial charge in [-0.1, -0.05) is 13.3 Å². The molecule has 2 N–H and O–H groups in total. The lowest BCUT2D eigenvalue weighted by molar-refractivity contribution is 0.509. The number of nitrogens with zero attached hydrogens (tertiary/aromatic N) is 2. The van der Waals surface area contributed by atoms with E-state index in [0.717, 1.165) is 36.4 Å². The minimum Gasteiger partial charge on any atom is -0.373 e. The minimum absolute atomic E-state index is 0.446. The molecule has 1 heterocycles. The molecule has 0 saturated carbocycles. The van der Waals surface area contributed by atoms with Crippen molar-refractivity contribution < 1.29 is 8.78 Å². The Balaban J connectivity index is 2.34. The van der Waals surface area contributed by atoms with Crippen molar-refractivity contribution in [1.29, 1.82) is 0 Å². The van der Waals surface area contributed by atoms with Gasteiger partial charge >= 0.3 is 0 Å². The van der Waals surface area contributed by atoms with Gasteiger partial charge in [0.1, 0.15) is 18.0 Å². The SMILES string of the molecule is CCCc1c(NC)ncnc1Nc1ccc(F)c(F)c1. The number of anilines is 3. The van der Waals surface area contributed by atoms with Crippen molar-refractivity contribution in [2.45, 2.75) is 19.8 Å². The lowest BCUT2D eigenvalue weighted by Gasteiger charge is -2.13. The average Bonchev–Trinajstić information content (AvgIpc) is 2.45. The molecule has 0 spiro atoms. The minimum atomic E-state index is -0.894. The number of benzene rings is 1. The first-order valence-electron chi connectivity index (χ1n) is 6.39. The molecule has 0 aliphatic carbocycles. The van der Waals surface area contributed by atoms with Gasteiger partial charge in [-0.05, 0) is 18.6 Å². The van der Waals surface area contributed by atoms with Gasteiger partial charge in [0.05, 0.1) is 0 Å². The molecule has 106 valence electrons. The zero-order valence-corrected chi connectivity index (χ0v) is 11.4. The summed E-state index contributed by atoms with van der Waals surface area (Å²) in [6.07, 6.45) is 3.13. The van der Waals surface area contributed by atoms with E-state index in [1.54, 1.807) is 7.05 Å². The zero-order chi connectivity index (χ0) is 14.5. The molecule has 0 bridgehead atoms. The molecule has 1 aromatic heterocycles. The fourth-order valence-corrected chi connectivity index (χ4v) is 1.93. The van der Waals surface area contributed by atoms with Crippen LogP contribution < -0.4 is 10.6 Å². The van der Waals surface area contributed by atoms with E-state index < -0.39 is 11.6 Å². The molecule has 0 atom stereocenters. The first kappa shape index (κ1) is 14.2. The van der Waals surface area contributed by atoms with Gasteiger partial charge < -0.3 is 10.6 Å². The predicted octanol–water partition coefficient (Wildman–Crippen LogP) is 3.49. The summed E-state index contributed by atoms with van der Waals surface area (Å²) in [7, 11) is 1.78. The van der Waals surface area contributed by atoms with Crippen LogP contribution in [0, 0.1) is 11.6 Å². The van der Waals surface area contributed by atoms with E-state index in [9.17, 15) is 8.78 Å². The zero-order valence-electron chi connectivity index (χ0n) is 11.4. The van der Waals surface area contributed by atoms with E-state index in [2.05, 4.69) is 20.6 Å². The third kappa shape index (κ3) is 3.01. The third-order valence-electron chi connectivity index (χ3n) is 2.86. The monoisotopic (exact) mass is 278 g/mol. The van der Waals surface area contributed by atoms with E-state index in [-0.39, 0.29) is 0 Å². The van der Waals surface area contributed by atoms with E-state index in [1.807, 2.05) is 6.92 Å². The van der Waals surface area contributed by atoms with E-state index >= 15 is 0 Å². The van der Waals surface area contributed by atoms with Crippen LogP contribution in [0.1, 0.15) is 18.9 Å². The van der Waals surface area contributed by atoms with Crippen molar-refractivity contribution >= 4 is 17.3 Å². The summed E-state index contributed by atoms with van der Waals surface area (Å²) in [5.41, 5.74) is 1.37.